The molecule has 1 heterocycles. The zero-order valence-corrected chi connectivity index (χ0v) is 17.5. The number of hydrogen-bond donors (Lipinski definition) is 0. The van der Waals surface area contributed by atoms with Crippen molar-refractivity contribution < 1.29 is 0 Å². The van der Waals surface area contributed by atoms with E-state index in [1.54, 1.807) is 0 Å². The van der Waals surface area contributed by atoms with Crippen LogP contribution in [-0.2, 0) is 0 Å². The van der Waals surface area contributed by atoms with Gasteiger partial charge in [-0.3, -0.25) is 0 Å². The smallest absolute Gasteiger partial charge is 0.179 e. The van der Waals surface area contributed by atoms with Crippen molar-refractivity contribution >= 4 is 51.9 Å². The molecule has 0 spiro atoms. The summed E-state index contributed by atoms with van der Waals surface area (Å²) >= 11 is 18.1. The summed E-state index contributed by atoms with van der Waals surface area (Å²) in [5, 5.41) is 2.40. The number of nitrogens with zero attached hydrogens (tertiary/aromatic N) is 3. The maximum absolute atomic E-state index is 6.09. The Hall–Kier alpha value is -1.49. The Labute approximate surface area is 176 Å². The minimum absolute atomic E-state index is 0.510. The summed E-state index contributed by atoms with van der Waals surface area (Å²) in [5.41, 5.74) is 2.23. The van der Waals surface area contributed by atoms with Crippen LogP contribution in [0.3, 0.4) is 0 Å². The maximum atomic E-state index is 6.09. The number of benzene rings is 2. The zero-order chi connectivity index (χ0) is 18.8. The summed E-state index contributed by atoms with van der Waals surface area (Å²) in [6.07, 6.45) is 6.32. The third kappa shape index (κ3) is 4.18. The molecule has 0 atom stereocenters. The highest BCUT2D eigenvalue weighted by atomic mass is 35.5. The van der Waals surface area contributed by atoms with Gasteiger partial charge in [0.25, 0.3) is 0 Å². The molecule has 2 fully saturated rings. The Morgan fingerprint density at radius 3 is 1.89 bits per heavy atom. The van der Waals surface area contributed by atoms with Crippen LogP contribution >= 0.6 is 35.4 Å². The predicted octanol–water partition coefficient (Wildman–Crippen LogP) is 6.15. The quantitative estimate of drug-likeness (QED) is 0.551. The molecule has 1 aliphatic heterocycles. The molecule has 1 aliphatic carbocycles. The molecule has 0 aromatic heterocycles. The van der Waals surface area contributed by atoms with E-state index in [4.69, 9.17) is 35.4 Å². The van der Waals surface area contributed by atoms with E-state index in [9.17, 15) is 0 Å². The minimum Gasteiger partial charge on any atom is -0.336 e. The SMILES string of the molecule is S=C1N(c2ccc(Cl)cc2)CN(c2ccc(Cl)cc2)CN1C1CCCCC1. The molecule has 0 bridgehead atoms. The van der Waals surface area contributed by atoms with Crippen LogP contribution in [0.1, 0.15) is 32.1 Å². The third-order valence-electron chi connectivity index (χ3n) is 5.46. The number of rotatable bonds is 3. The van der Waals surface area contributed by atoms with E-state index in [-0.39, 0.29) is 0 Å². The van der Waals surface area contributed by atoms with Gasteiger partial charge in [0.2, 0.25) is 0 Å². The molecular weight excluding hydrogens is 397 g/mol. The van der Waals surface area contributed by atoms with Crippen molar-refractivity contribution in [2.24, 2.45) is 0 Å². The van der Waals surface area contributed by atoms with Gasteiger partial charge in [-0.05, 0) is 73.6 Å². The van der Waals surface area contributed by atoms with Crippen LogP contribution in [0.15, 0.2) is 48.5 Å². The molecule has 1 saturated carbocycles. The average molecular weight is 420 g/mol. The van der Waals surface area contributed by atoms with Gasteiger partial charge in [-0.15, -0.1) is 0 Å². The fourth-order valence-electron chi connectivity index (χ4n) is 3.97. The largest absolute Gasteiger partial charge is 0.336 e. The second kappa shape index (κ2) is 8.26. The molecule has 1 saturated heterocycles. The van der Waals surface area contributed by atoms with Crippen molar-refractivity contribution in [2.45, 2.75) is 38.1 Å². The van der Waals surface area contributed by atoms with E-state index in [1.165, 1.54) is 32.1 Å². The first-order valence-electron chi connectivity index (χ1n) is 9.46. The highest BCUT2D eigenvalue weighted by Crippen LogP contribution is 2.31. The fraction of sp³-hybridized carbons (Fsp3) is 0.381. The van der Waals surface area contributed by atoms with Crippen LogP contribution in [0.5, 0.6) is 0 Å². The first-order chi connectivity index (χ1) is 13.1. The molecule has 6 heteroatoms. The number of thiocarbonyl (C=S) groups is 1. The van der Waals surface area contributed by atoms with E-state index in [1.807, 2.05) is 36.4 Å². The lowest BCUT2D eigenvalue weighted by Gasteiger charge is -2.49. The van der Waals surface area contributed by atoms with Crippen molar-refractivity contribution in [3.63, 3.8) is 0 Å². The van der Waals surface area contributed by atoms with Crippen molar-refractivity contribution in [2.75, 3.05) is 23.1 Å². The Morgan fingerprint density at radius 2 is 1.30 bits per heavy atom. The summed E-state index contributed by atoms with van der Waals surface area (Å²) in [6.45, 7) is 1.53. The molecule has 2 aromatic carbocycles. The lowest BCUT2D eigenvalue weighted by molar-refractivity contribution is 0.234. The van der Waals surface area contributed by atoms with Crippen LogP contribution in [0.2, 0.25) is 10.0 Å². The van der Waals surface area contributed by atoms with Crippen LogP contribution in [0.4, 0.5) is 11.4 Å². The zero-order valence-electron chi connectivity index (χ0n) is 15.2. The highest BCUT2D eigenvalue weighted by Gasteiger charge is 2.33. The summed E-state index contributed by atoms with van der Waals surface area (Å²) < 4.78 is 0. The van der Waals surface area contributed by atoms with Gasteiger partial charge in [0, 0.05) is 27.5 Å². The van der Waals surface area contributed by atoms with Gasteiger partial charge in [-0.2, -0.15) is 0 Å². The highest BCUT2D eigenvalue weighted by molar-refractivity contribution is 7.80. The second-order valence-electron chi connectivity index (χ2n) is 7.25. The lowest BCUT2D eigenvalue weighted by Crippen LogP contribution is -2.61. The normalized spacial score (nSPS) is 18.9. The molecule has 4 rings (SSSR count). The van der Waals surface area contributed by atoms with Crippen LogP contribution in [0.25, 0.3) is 0 Å². The van der Waals surface area contributed by atoms with Crippen molar-refractivity contribution in [3.8, 4) is 0 Å². The summed E-state index contributed by atoms with van der Waals surface area (Å²) in [6, 6.07) is 16.5. The van der Waals surface area contributed by atoms with E-state index in [0.29, 0.717) is 12.7 Å². The summed E-state index contributed by atoms with van der Waals surface area (Å²) in [5.74, 6) is 0. The topological polar surface area (TPSA) is 9.72 Å². The maximum Gasteiger partial charge on any atom is 0.179 e. The van der Waals surface area contributed by atoms with Crippen LogP contribution in [0, 0.1) is 0 Å². The molecule has 0 amide bonds. The van der Waals surface area contributed by atoms with Crippen molar-refractivity contribution in [1.29, 1.82) is 0 Å². The second-order valence-corrected chi connectivity index (χ2v) is 8.49. The predicted molar refractivity (Wildman–Crippen MR) is 119 cm³/mol. The van der Waals surface area contributed by atoms with Crippen LogP contribution < -0.4 is 9.80 Å². The lowest BCUT2D eigenvalue weighted by atomic mass is 9.94. The van der Waals surface area contributed by atoms with Crippen LogP contribution in [-0.4, -0.2) is 29.4 Å². The van der Waals surface area contributed by atoms with Gasteiger partial charge in [0.1, 0.15) is 0 Å². The van der Waals surface area contributed by atoms with E-state index in [2.05, 4.69) is 26.8 Å². The Kier molecular flexibility index (Phi) is 5.76. The molecule has 142 valence electrons. The third-order valence-corrected chi connectivity index (χ3v) is 6.42. The molecule has 2 aromatic rings. The molecule has 0 N–H and O–H groups in total. The standard InChI is InChI=1S/C21H23Cl2N3S/c22-16-6-10-18(11-7-16)24-14-25(19-4-2-1-3-5-19)21(27)26(15-24)20-12-8-17(23)9-13-20/h6-13,19H,1-5,14-15H2. The number of hydrogen-bond acceptors (Lipinski definition) is 2. The molecular formula is C21H23Cl2N3S. The first kappa shape index (κ1) is 18.9. The van der Waals surface area contributed by atoms with Gasteiger partial charge in [0.15, 0.2) is 5.11 Å². The van der Waals surface area contributed by atoms with Crippen molar-refractivity contribution in [3.05, 3.63) is 58.6 Å². The van der Waals surface area contributed by atoms with Gasteiger partial charge >= 0.3 is 0 Å². The number of halogens is 2. The monoisotopic (exact) mass is 419 g/mol. The molecule has 27 heavy (non-hydrogen) atoms. The van der Waals surface area contributed by atoms with Crippen molar-refractivity contribution in [1.82, 2.24) is 4.90 Å². The average Bonchev–Trinajstić information content (AvgIpc) is 2.70. The van der Waals surface area contributed by atoms with Gasteiger partial charge in [-0.25, -0.2) is 0 Å². The van der Waals surface area contributed by atoms with Gasteiger partial charge < -0.3 is 14.7 Å². The van der Waals surface area contributed by atoms with E-state index in [0.717, 1.165) is 33.2 Å². The molecule has 2 aliphatic rings. The van der Waals surface area contributed by atoms with Gasteiger partial charge in [0.05, 0.1) is 13.3 Å². The Bertz CT molecular complexity index is 788. The minimum atomic E-state index is 0.510. The molecule has 0 unspecified atom stereocenters. The number of anilines is 2. The molecule has 3 nitrogen and oxygen atoms in total. The van der Waals surface area contributed by atoms with E-state index < -0.39 is 0 Å². The van der Waals surface area contributed by atoms with Gasteiger partial charge in [-0.1, -0.05) is 42.5 Å². The Balaban J connectivity index is 1.65. The Morgan fingerprint density at radius 1 is 0.741 bits per heavy atom. The first-order valence-corrected chi connectivity index (χ1v) is 10.6. The fourth-order valence-corrected chi connectivity index (χ4v) is 4.59. The van der Waals surface area contributed by atoms with E-state index >= 15 is 0 Å². The summed E-state index contributed by atoms with van der Waals surface area (Å²) in [4.78, 5) is 6.97. The summed E-state index contributed by atoms with van der Waals surface area (Å²) in [7, 11) is 0. The molecule has 0 radical (unpaired) electrons.